The summed E-state index contributed by atoms with van der Waals surface area (Å²) in [5, 5.41) is 12.9. The second kappa shape index (κ2) is 12.4. The summed E-state index contributed by atoms with van der Waals surface area (Å²) >= 11 is 7.10. The highest BCUT2D eigenvalue weighted by Gasteiger charge is 2.32. The van der Waals surface area contributed by atoms with Gasteiger partial charge in [-0.25, -0.2) is 18.0 Å². The molecule has 9 nitrogen and oxygen atoms in total. The topological polar surface area (TPSA) is 122 Å². The molecule has 0 atom stereocenters. The van der Waals surface area contributed by atoms with Crippen LogP contribution in [0.2, 0.25) is 5.02 Å². The first kappa shape index (κ1) is 28.9. The summed E-state index contributed by atoms with van der Waals surface area (Å²) in [6.07, 6.45) is 1.31. The Hall–Kier alpha value is -3.12. The molecule has 1 fully saturated rings. The highest BCUT2D eigenvalue weighted by atomic mass is 35.5. The molecule has 0 bridgehead atoms. The fourth-order valence-electron chi connectivity index (χ4n) is 4.59. The normalized spacial score (nSPS) is 14.1. The van der Waals surface area contributed by atoms with E-state index in [1.807, 2.05) is 6.07 Å². The number of methoxy groups -OCH3 is 1. The molecule has 2 N–H and O–H groups in total. The molecule has 4 rings (SSSR count). The lowest BCUT2D eigenvalue weighted by Crippen LogP contribution is -2.46. The van der Waals surface area contributed by atoms with E-state index in [9.17, 15) is 18.0 Å². The van der Waals surface area contributed by atoms with E-state index in [1.54, 1.807) is 49.4 Å². The minimum absolute atomic E-state index is 0.139. The number of piperidine rings is 1. The van der Waals surface area contributed by atoms with Crippen LogP contribution in [0.1, 0.15) is 33.6 Å². The average Bonchev–Trinajstić information content (AvgIpc) is 3.25. The van der Waals surface area contributed by atoms with Crippen molar-refractivity contribution in [3.63, 3.8) is 0 Å². The molecule has 1 aromatic heterocycles. The molecule has 39 heavy (non-hydrogen) atoms. The van der Waals surface area contributed by atoms with Crippen LogP contribution in [0.4, 0.5) is 5.69 Å². The van der Waals surface area contributed by atoms with E-state index in [0.29, 0.717) is 58.2 Å². The number of sulfonamides is 1. The molecule has 1 aliphatic heterocycles. The predicted octanol–water partition coefficient (Wildman–Crippen LogP) is 4.72. The third-order valence-corrected chi connectivity index (χ3v) is 9.73. The molecule has 0 spiro atoms. The van der Waals surface area contributed by atoms with Crippen LogP contribution in [0.5, 0.6) is 5.75 Å². The molecule has 3 aromatic rings. The Bertz CT molecular complexity index is 1450. The van der Waals surface area contributed by atoms with Gasteiger partial charge in [-0.2, -0.15) is 0 Å². The number of thiophene rings is 1. The minimum atomic E-state index is -3.79. The first-order valence-electron chi connectivity index (χ1n) is 12.2. The standard InChI is InChI=1S/C27H29ClN2O7S2/c1-17-24(37-15-23(31)32)26(27(33)36-2)38-25(17)19-4-3-5-22(14-19)30(21-10-12-29-13-11-21)39(34,35)16-18-6-8-20(28)9-7-18/h3-9,14,21,29H,10-13,15-16H2,1-2H3,(H,31,32). The Labute approximate surface area is 236 Å². The van der Waals surface area contributed by atoms with Gasteiger partial charge in [0.05, 0.1) is 18.6 Å². The van der Waals surface area contributed by atoms with Gasteiger partial charge in [0, 0.05) is 21.5 Å². The highest BCUT2D eigenvalue weighted by Crippen LogP contribution is 2.43. The molecule has 2 heterocycles. The van der Waals surface area contributed by atoms with Crippen molar-refractivity contribution in [3.05, 3.63) is 69.6 Å². The van der Waals surface area contributed by atoms with Crippen LogP contribution in [-0.4, -0.2) is 58.3 Å². The number of nitrogens with zero attached hydrogens (tertiary/aromatic N) is 1. The van der Waals surface area contributed by atoms with E-state index in [0.717, 1.165) is 11.3 Å². The number of carboxylic acids is 1. The number of ether oxygens (including phenoxy) is 2. The van der Waals surface area contributed by atoms with Crippen LogP contribution in [0.15, 0.2) is 48.5 Å². The summed E-state index contributed by atoms with van der Waals surface area (Å²) in [4.78, 5) is 24.3. The number of anilines is 1. The lowest BCUT2D eigenvalue weighted by Gasteiger charge is -2.35. The number of carbonyl (C=O) groups excluding carboxylic acids is 1. The zero-order valence-corrected chi connectivity index (χ0v) is 23.9. The molecular weight excluding hydrogens is 564 g/mol. The van der Waals surface area contributed by atoms with Crippen molar-refractivity contribution in [1.29, 1.82) is 0 Å². The van der Waals surface area contributed by atoms with Crippen LogP contribution in [0.3, 0.4) is 0 Å². The quantitative estimate of drug-likeness (QED) is 0.324. The maximum Gasteiger partial charge on any atom is 0.351 e. The van der Waals surface area contributed by atoms with Gasteiger partial charge in [0.2, 0.25) is 10.0 Å². The largest absolute Gasteiger partial charge is 0.480 e. The Kier molecular flexibility index (Phi) is 9.16. The zero-order chi connectivity index (χ0) is 28.2. The van der Waals surface area contributed by atoms with Crippen molar-refractivity contribution in [3.8, 4) is 16.2 Å². The number of esters is 1. The lowest BCUT2D eigenvalue weighted by atomic mass is 10.0. The van der Waals surface area contributed by atoms with Crippen molar-refractivity contribution in [2.75, 3.05) is 31.1 Å². The summed E-state index contributed by atoms with van der Waals surface area (Å²) in [7, 11) is -2.55. The number of benzene rings is 2. The molecule has 0 amide bonds. The molecule has 1 aliphatic rings. The van der Waals surface area contributed by atoms with E-state index in [4.69, 9.17) is 26.2 Å². The van der Waals surface area contributed by atoms with Crippen LogP contribution in [0, 0.1) is 6.92 Å². The summed E-state index contributed by atoms with van der Waals surface area (Å²) in [6.45, 7) is 2.51. The van der Waals surface area contributed by atoms with Gasteiger partial charge in [-0.15, -0.1) is 11.3 Å². The molecule has 208 valence electrons. The Balaban J connectivity index is 1.76. The first-order valence-corrected chi connectivity index (χ1v) is 15.0. The van der Waals surface area contributed by atoms with Gasteiger partial charge < -0.3 is 19.9 Å². The highest BCUT2D eigenvalue weighted by molar-refractivity contribution is 7.92. The van der Waals surface area contributed by atoms with E-state index in [-0.39, 0.29) is 22.4 Å². The fraction of sp³-hybridized carbons (Fsp3) is 0.333. The number of carboxylic acid groups (broad SMARTS) is 1. The molecule has 0 unspecified atom stereocenters. The first-order chi connectivity index (χ1) is 18.6. The number of aliphatic carboxylic acids is 1. The Morgan fingerprint density at radius 1 is 1.15 bits per heavy atom. The third-order valence-electron chi connectivity index (χ3n) is 6.37. The van der Waals surface area contributed by atoms with Gasteiger partial charge >= 0.3 is 11.9 Å². The minimum Gasteiger partial charge on any atom is -0.480 e. The summed E-state index contributed by atoms with van der Waals surface area (Å²) < 4.78 is 39.6. The van der Waals surface area contributed by atoms with Crippen molar-refractivity contribution in [1.82, 2.24) is 5.32 Å². The fourth-order valence-corrected chi connectivity index (χ4v) is 7.74. The van der Waals surface area contributed by atoms with Crippen molar-refractivity contribution >= 4 is 50.6 Å². The summed E-state index contributed by atoms with van der Waals surface area (Å²) in [5.74, 6) is -1.87. The van der Waals surface area contributed by atoms with Crippen LogP contribution in [-0.2, 0) is 25.3 Å². The van der Waals surface area contributed by atoms with Gasteiger partial charge in [-0.1, -0.05) is 35.9 Å². The molecule has 12 heteroatoms. The molecule has 0 aliphatic carbocycles. The van der Waals surface area contributed by atoms with E-state index >= 15 is 0 Å². The van der Waals surface area contributed by atoms with Gasteiger partial charge in [-0.3, -0.25) is 4.31 Å². The number of halogens is 1. The van der Waals surface area contributed by atoms with E-state index in [2.05, 4.69) is 5.32 Å². The SMILES string of the molecule is COC(=O)c1sc(-c2cccc(N(C3CCNCC3)S(=O)(=O)Cc3ccc(Cl)cc3)c2)c(C)c1OCC(=O)O. The second-order valence-electron chi connectivity index (χ2n) is 9.10. The van der Waals surface area contributed by atoms with Crippen LogP contribution < -0.4 is 14.4 Å². The summed E-state index contributed by atoms with van der Waals surface area (Å²) in [5.41, 5.74) is 2.38. The number of hydrogen-bond acceptors (Lipinski definition) is 8. The zero-order valence-electron chi connectivity index (χ0n) is 21.5. The number of hydrogen-bond donors (Lipinski definition) is 2. The number of rotatable bonds is 10. The van der Waals surface area contributed by atoms with Gasteiger partial charge in [0.1, 0.15) is 5.75 Å². The number of nitrogens with one attached hydrogen (secondary N) is 1. The Morgan fingerprint density at radius 3 is 2.49 bits per heavy atom. The van der Waals surface area contributed by atoms with Crippen molar-refractivity contribution in [2.45, 2.75) is 31.6 Å². The Morgan fingerprint density at radius 2 is 1.85 bits per heavy atom. The monoisotopic (exact) mass is 592 g/mol. The molecule has 1 saturated heterocycles. The van der Waals surface area contributed by atoms with Crippen molar-refractivity contribution < 1.29 is 32.6 Å². The van der Waals surface area contributed by atoms with E-state index in [1.165, 1.54) is 11.4 Å². The molecule has 0 radical (unpaired) electrons. The lowest BCUT2D eigenvalue weighted by molar-refractivity contribution is -0.139. The van der Waals surface area contributed by atoms with Gasteiger partial charge in [0.15, 0.2) is 11.5 Å². The second-order valence-corrected chi connectivity index (χ2v) is 12.4. The van der Waals surface area contributed by atoms with Crippen LogP contribution >= 0.6 is 22.9 Å². The molecule has 0 saturated carbocycles. The smallest absolute Gasteiger partial charge is 0.351 e. The third kappa shape index (κ3) is 6.73. The average molecular weight is 593 g/mol. The number of carbonyl (C=O) groups is 2. The molecular formula is C27H29ClN2O7S2. The van der Waals surface area contributed by atoms with Crippen LogP contribution in [0.25, 0.3) is 10.4 Å². The van der Waals surface area contributed by atoms with E-state index < -0.39 is 28.6 Å². The molecule has 2 aromatic carbocycles. The van der Waals surface area contributed by atoms with Gasteiger partial charge in [-0.05, 0) is 68.2 Å². The van der Waals surface area contributed by atoms with Crippen molar-refractivity contribution in [2.24, 2.45) is 0 Å². The maximum atomic E-state index is 13.9. The maximum absolute atomic E-state index is 13.9. The van der Waals surface area contributed by atoms with Gasteiger partial charge in [0.25, 0.3) is 0 Å². The summed E-state index contributed by atoms with van der Waals surface area (Å²) in [6, 6.07) is 13.6. The predicted molar refractivity (Wildman–Crippen MR) is 151 cm³/mol.